The lowest BCUT2D eigenvalue weighted by Crippen LogP contribution is -2.27. The van der Waals surface area contributed by atoms with E-state index in [9.17, 15) is 4.79 Å². The van der Waals surface area contributed by atoms with Crippen molar-refractivity contribution < 1.29 is 14.6 Å². The van der Waals surface area contributed by atoms with Crippen molar-refractivity contribution >= 4 is 5.91 Å². The first-order chi connectivity index (χ1) is 7.81. The smallest absolute Gasteiger partial charge is 0.220 e. The lowest BCUT2D eigenvalue weighted by Gasteiger charge is -2.05. The van der Waals surface area contributed by atoms with Gasteiger partial charge in [-0.1, -0.05) is 32.6 Å². The van der Waals surface area contributed by atoms with E-state index in [1.165, 1.54) is 19.3 Å². The highest BCUT2D eigenvalue weighted by molar-refractivity contribution is 5.75. The highest BCUT2D eigenvalue weighted by Crippen LogP contribution is 2.04. The second-order valence-electron chi connectivity index (χ2n) is 3.85. The minimum Gasteiger partial charge on any atom is -0.394 e. The van der Waals surface area contributed by atoms with Crippen LogP contribution in [0.15, 0.2) is 0 Å². The van der Waals surface area contributed by atoms with Crippen LogP contribution >= 0.6 is 0 Å². The van der Waals surface area contributed by atoms with Gasteiger partial charge in [0.15, 0.2) is 0 Å². The fraction of sp³-hybridized carbons (Fsp3) is 0.917. The number of nitrogens with one attached hydrogen (secondary N) is 1. The first kappa shape index (κ1) is 15.4. The second kappa shape index (κ2) is 12.5. The number of unbranched alkanes of at least 4 members (excludes halogenated alkanes) is 4. The summed E-state index contributed by atoms with van der Waals surface area (Å²) in [6, 6.07) is 0. The van der Waals surface area contributed by atoms with Crippen molar-refractivity contribution in [2.75, 3.05) is 26.4 Å². The van der Waals surface area contributed by atoms with Gasteiger partial charge < -0.3 is 15.2 Å². The summed E-state index contributed by atoms with van der Waals surface area (Å²) in [5, 5.41) is 11.2. The summed E-state index contributed by atoms with van der Waals surface area (Å²) in [7, 11) is 0. The maximum absolute atomic E-state index is 11.3. The number of hydrogen-bond acceptors (Lipinski definition) is 3. The molecule has 0 saturated heterocycles. The van der Waals surface area contributed by atoms with Gasteiger partial charge in [0.05, 0.1) is 19.8 Å². The summed E-state index contributed by atoms with van der Waals surface area (Å²) in [5.74, 6) is 0.101. The van der Waals surface area contributed by atoms with Crippen LogP contribution in [-0.2, 0) is 9.53 Å². The molecular formula is C12H25NO3. The van der Waals surface area contributed by atoms with Gasteiger partial charge in [0.25, 0.3) is 0 Å². The number of aliphatic hydroxyl groups is 1. The van der Waals surface area contributed by atoms with Crippen LogP contribution in [0.5, 0.6) is 0 Å². The van der Waals surface area contributed by atoms with Gasteiger partial charge in [0, 0.05) is 13.0 Å². The molecule has 0 radical (unpaired) electrons. The summed E-state index contributed by atoms with van der Waals surface area (Å²) >= 11 is 0. The Kier molecular flexibility index (Phi) is 12.0. The van der Waals surface area contributed by atoms with Gasteiger partial charge in [0.2, 0.25) is 5.91 Å². The van der Waals surface area contributed by atoms with Crippen LogP contribution in [0, 0.1) is 0 Å². The van der Waals surface area contributed by atoms with E-state index in [0.717, 1.165) is 12.8 Å². The molecule has 4 heteroatoms. The number of aliphatic hydroxyl groups excluding tert-OH is 1. The zero-order valence-corrected chi connectivity index (χ0v) is 10.3. The molecule has 0 fully saturated rings. The Balaban J connectivity index is 3.12. The molecule has 16 heavy (non-hydrogen) atoms. The van der Waals surface area contributed by atoms with Crippen molar-refractivity contribution in [1.82, 2.24) is 5.32 Å². The fourth-order valence-corrected chi connectivity index (χ4v) is 1.41. The molecule has 0 aromatic rings. The van der Waals surface area contributed by atoms with E-state index in [0.29, 0.717) is 26.2 Å². The minimum absolute atomic E-state index is 0.0331. The largest absolute Gasteiger partial charge is 0.394 e. The molecule has 0 heterocycles. The second-order valence-corrected chi connectivity index (χ2v) is 3.85. The van der Waals surface area contributed by atoms with Gasteiger partial charge in [0.1, 0.15) is 0 Å². The molecule has 4 nitrogen and oxygen atoms in total. The molecule has 0 unspecified atom stereocenters. The van der Waals surface area contributed by atoms with Gasteiger partial charge >= 0.3 is 0 Å². The van der Waals surface area contributed by atoms with Crippen molar-refractivity contribution in [3.05, 3.63) is 0 Å². The Morgan fingerprint density at radius 3 is 2.62 bits per heavy atom. The Hall–Kier alpha value is -0.610. The van der Waals surface area contributed by atoms with E-state index in [2.05, 4.69) is 12.2 Å². The van der Waals surface area contributed by atoms with E-state index in [4.69, 9.17) is 9.84 Å². The van der Waals surface area contributed by atoms with E-state index in [1.54, 1.807) is 0 Å². The molecule has 0 aliphatic rings. The highest BCUT2D eigenvalue weighted by atomic mass is 16.5. The third-order valence-corrected chi connectivity index (χ3v) is 2.31. The first-order valence-electron chi connectivity index (χ1n) is 6.26. The number of rotatable bonds is 11. The third kappa shape index (κ3) is 11.5. The number of ether oxygens (including phenoxy) is 1. The van der Waals surface area contributed by atoms with Crippen LogP contribution in [0.4, 0.5) is 0 Å². The monoisotopic (exact) mass is 231 g/mol. The Morgan fingerprint density at radius 2 is 1.94 bits per heavy atom. The summed E-state index contributed by atoms with van der Waals surface area (Å²) in [6.45, 7) is 3.56. The number of carbonyl (C=O) groups is 1. The Labute approximate surface area is 98.4 Å². The molecule has 0 rings (SSSR count). The van der Waals surface area contributed by atoms with Crippen molar-refractivity contribution in [1.29, 1.82) is 0 Å². The molecule has 2 N–H and O–H groups in total. The zero-order valence-electron chi connectivity index (χ0n) is 10.3. The molecule has 0 aliphatic heterocycles. The average Bonchev–Trinajstić information content (AvgIpc) is 2.28. The van der Waals surface area contributed by atoms with Gasteiger partial charge in [-0.2, -0.15) is 0 Å². The lowest BCUT2D eigenvalue weighted by atomic mass is 10.1. The molecule has 0 aliphatic carbocycles. The summed E-state index contributed by atoms with van der Waals surface area (Å²) in [6.07, 6.45) is 6.45. The predicted octanol–water partition coefficient (Wildman–Crippen LogP) is 1.47. The lowest BCUT2D eigenvalue weighted by molar-refractivity contribution is -0.121. The van der Waals surface area contributed by atoms with E-state index < -0.39 is 0 Å². The Bertz CT molecular complexity index is 146. The maximum atomic E-state index is 11.3. The van der Waals surface area contributed by atoms with Gasteiger partial charge in [-0.3, -0.25) is 4.79 Å². The molecule has 0 aromatic heterocycles. The van der Waals surface area contributed by atoms with Crippen LogP contribution in [0.1, 0.15) is 45.4 Å². The minimum atomic E-state index is 0.0331. The standard InChI is InChI=1S/C12H25NO3/c1-2-3-4-5-6-7-12(15)13-8-10-16-11-9-14/h14H,2-11H2,1H3,(H,13,15). The highest BCUT2D eigenvalue weighted by Gasteiger charge is 1.99. The van der Waals surface area contributed by atoms with Crippen LogP contribution < -0.4 is 5.32 Å². The molecule has 1 amide bonds. The number of hydrogen-bond donors (Lipinski definition) is 2. The van der Waals surface area contributed by atoms with E-state index in [1.807, 2.05) is 0 Å². The fourth-order valence-electron chi connectivity index (χ4n) is 1.41. The van der Waals surface area contributed by atoms with Crippen LogP contribution in [0.2, 0.25) is 0 Å². The zero-order chi connectivity index (χ0) is 12.1. The van der Waals surface area contributed by atoms with Crippen molar-refractivity contribution in [3.8, 4) is 0 Å². The third-order valence-electron chi connectivity index (χ3n) is 2.31. The molecule has 0 bridgehead atoms. The van der Waals surface area contributed by atoms with Crippen LogP contribution in [-0.4, -0.2) is 37.4 Å². The summed E-state index contributed by atoms with van der Waals surface area (Å²) in [4.78, 5) is 11.3. The predicted molar refractivity (Wildman–Crippen MR) is 64.3 cm³/mol. The SMILES string of the molecule is CCCCCCCC(=O)NCCOCCO. The van der Waals surface area contributed by atoms with E-state index in [-0.39, 0.29) is 12.5 Å². The maximum Gasteiger partial charge on any atom is 0.220 e. The molecule has 0 spiro atoms. The summed E-state index contributed by atoms with van der Waals surface area (Å²) in [5.41, 5.74) is 0. The quantitative estimate of drug-likeness (QED) is 0.529. The Morgan fingerprint density at radius 1 is 1.19 bits per heavy atom. The van der Waals surface area contributed by atoms with Crippen LogP contribution in [0.25, 0.3) is 0 Å². The van der Waals surface area contributed by atoms with E-state index >= 15 is 0 Å². The molecule has 0 aromatic carbocycles. The van der Waals surface area contributed by atoms with Crippen molar-refractivity contribution in [2.45, 2.75) is 45.4 Å². The average molecular weight is 231 g/mol. The van der Waals surface area contributed by atoms with Crippen LogP contribution in [0.3, 0.4) is 0 Å². The molecule has 0 saturated carbocycles. The normalized spacial score (nSPS) is 10.4. The molecule has 96 valence electrons. The topological polar surface area (TPSA) is 58.6 Å². The summed E-state index contributed by atoms with van der Waals surface area (Å²) < 4.78 is 5.03. The number of amides is 1. The van der Waals surface area contributed by atoms with Gasteiger partial charge in [-0.15, -0.1) is 0 Å². The number of carbonyl (C=O) groups excluding carboxylic acids is 1. The molecule has 0 atom stereocenters. The first-order valence-corrected chi connectivity index (χ1v) is 6.26. The van der Waals surface area contributed by atoms with Gasteiger partial charge in [-0.05, 0) is 6.42 Å². The van der Waals surface area contributed by atoms with Crippen molar-refractivity contribution in [2.24, 2.45) is 0 Å². The molecular weight excluding hydrogens is 206 g/mol. The van der Waals surface area contributed by atoms with Crippen molar-refractivity contribution in [3.63, 3.8) is 0 Å². The van der Waals surface area contributed by atoms with Gasteiger partial charge in [-0.25, -0.2) is 0 Å².